The van der Waals surface area contributed by atoms with Crippen LogP contribution in [0, 0.1) is 5.82 Å². The Bertz CT molecular complexity index is 1350. The number of nitrogen functional groups attached to an aromatic ring is 1. The van der Waals surface area contributed by atoms with Gasteiger partial charge in [-0.2, -0.15) is 0 Å². The number of carbonyl (C=O) groups excluding carboxylic acids is 1. The number of aromatic nitrogens is 1. The van der Waals surface area contributed by atoms with Crippen molar-refractivity contribution in [3.63, 3.8) is 0 Å². The standard InChI is InChI=1S/C24H20Cl2FN3O3/c1-12(19-17(25)8-9-18(27)20(19)26)33-22-21-15(10-29-23(22)28)16(11-32-21)13-4-6-14(7-5-13)24(31)30(2)3/h4-12H,1-3H3,(H2,28,29). The molecule has 4 rings (SSSR count). The summed E-state index contributed by atoms with van der Waals surface area (Å²) in [7, 11) is 3.39. The summed E-state index contributed by atoms with van der Waals surface area (Å²) in [6.07, 6.45) is 2.41. The summed E-state index contributed by atoms with van der Waals surface area (Å²) in [6, 6.07) is 9.74. The van der Waals surface area contributed by atoms with E-state index in [1.54, 1.807) is 45.6 Å². The van der Waals surface area contributed by atoms with E-state index < -0.39 is 11.9 Å². The molecule has 9 heteroatoms. The Morgan fingerprint density at radius 1 is 1.18 bits per heavy atom. The van der Waals surface area contributed by atoms with Crippen molar-refractivity contribution < 1.29 is 18.3 Å². The first kappa shape index (κ1) is 22.9. The molecule has 0 radical (unpaired) electrons. The van der Waals surface area contributed by atoms with Crippen molar-refractivity contribution in [2.24, 2.45) is 0 Å². The Hall–Kier alpha value is -3.29. The second-order valence-corrected chi connectivity index (χ2v) is 8.44. The summed E-state index contributed by atoms with van der Waals surface area (Å²) in [5.74, 6) is -0.396. The van der Waals surface area contributed by atoms with Crippen LogP contribution in [0.2, 0.25) is 10.0 Å². The molecule has 2 heterocycles. The molecule has 1 atom stereocenters. The maximum Gasteiger partial charge on any atom is 0.253 e. The van der Waals surface area contributed by atoms with Crippen molar-refractivity contribution in [2.75, 3.05) is 19.8 Å². The Labute approximate surface area is 199 Å². The van der Waals surface area contributed by atoms with E-state index in [0.717, 1.165) is 11.1 Å². The van der Waals surface area contributed by atoms with E-state index in [-0.39, 0.29) is 27.5 Å². The normalized spacial score (nSPS) is 12.1. The van der Waals surface area contributed by atoms with Crippen LogP contribution in [0.4, 0.5) is 10.2 Å². The number of pyridine rings is 1. The van der Waals surface area contributed by atoms with Gasteiger partial charge in [0.1, 0.15) is 11.9 Å². The van der Waals surface area contributed by atoms with Crippen LogP contribution in [-0.4, -0.2) is 29.9 Å². The van der Waals surface area contributed by atoms with Crippen molar-refractivity contribution in [1.29, 1.82) is 0 Å². The third-order valence-electron chi connectivity index (χ3n) is 5.23. The summed E-state index contributed by atoms with van der Waals surface area (Å²) in [6.45, 7) is 1.68. The number of amides is 1. The van der Waals surface area contributed by atoms with Gasteiger partial charge in [-0.05, 0) is 36.8 Å². The first-order chi connectivity index (χ1) is 15.7. The molecule has 0 aliphatic heterocycles. The van der Waals surface area contributed by atoms with Gasteiger partial charge in [0.2, 0.25) is 5.75 Å². The van der Waals surface area contributed by atoms with Crippen molar-refractivity contribution in [1.82, 2.24) is 9.88 Å². The predicted octanol–water partition coefficient (Wildman–Crippen LogP) is 6.36. The van der Waals surface area contributed by atoms with Crippen LogP contribution in [0.15, 0.2) is 53.3 Å². The number of nitrogens with two attached hydrogens (primary N) is 1. The molecule has 0 fully saturated rings. The number of ether oxygens (including phenoxy) is 1. The number of benzene rings is 2. The van der Waals surface area contributed by atoms with Crippen LogP contribution in [0.1, 0.15) is 28.9 Å². The van der Waals surface area contributed by atoms with Crippen LogP contribution < -0.4 is 10.5 Å². The zero-order valence-corrected chi connectivity index (χ0v) is 19.5. The highest BCUT2D eigenvalue weighted by Crippen LogP contribution is 2.41. The van der Waals surface area contributed by atoms with Crippen LogP contribution in [0.25, 0.3) is 22.1 Å². The van der Waals surface area contributed by atoms with E-state index >= 15 is 0 Å². The van der Waals surface area contributed by atoms with E-state index in [1.807, 2.05) is 12.1 Å². The number of anilines is 1. The molecule has 33 heavy (non-hydrogen) atoms. The second kappa shape index (κ2) is 8.92. The molecule has 4 aromatic rings. The van der Waals surface area contributed by atoms with E-state index in [0.29, 0.717) is 22.1 Å². The maximum atomic E-state index is 14.0. The second-order valence-electron chi connectivity index (χ2n) is 7.66. The molecule has 0 aliphatic rings. The van der Waals surface area contributed by atoms with Crippen molar-refractivity contribution in [2.45, 2.75) is 13.0 Å². The minimum Gasteiger partial charge on any atom is -0.478 e. The maximum absolute atomic E-state index is 14.0. The molecule has 1 unspecified atom stereocenters. The van der Waals surface area contributed by atoms with E-state index in [1.165, 1.54) is 17.0 Å². The zero-order valence-electron chi connectivity index (χ0n) is 18.0. The fraction of sp³-hybridized carbons (Fsp3) is 0.167. The number of hydrogen-bond donors (Lipinski definition) is 1. The molecule has 6 nitrogen and oxygen atoms in total. The quantitative estimate of drug-likeness (QED) is 0.331. The Kier molecular flexibility index (Phi) is 6.19. The van der Waals surface area contributed by atoms with Gasteiger partial charge in [-0.15, -0.1) is 0 Å². The number of hydrogen-bond acceptors (Lipinski definition) is 5. The highest BCUT2D eigenvalue weighted by atomic mass is 35.5. The molecule has 2 N–H and O–H groups in total. The number of halogens is 3. The third-order valence-corrected chi connectivity index (χ3v) is 5.94. The molecule has 0 bridgehead atoms. The minimum atomic E-state index is -0.736. The summed E-state index contributed by atoms with van der Waals surface area (Å²) < 4.78 is 25.8. The van der Waals surface area contributed by atoms with Gasteiger partial charge < -0.3 is 19.8 Å². The zero-order chi connectivity index (χ0) is 23.9. The Balaban J connectivity index is 1.72. The number of furan rings is 1. The number of rotatable bonds is 5. The first-order valence-corrected chi connectivity index (χ1v) is 10.7. The molecular weight excluding hydrogens is 468 g/mol. The molecule has 0 aliphatic carbocycles. The van der Waals surface area contributed by atoms with Crippen LogP contribution >= 0.6 is 23.2 Å². The molecule has 2 aromatic heterocycles. The molecule has 0 saturated carbocycles. The molecular formula is C24H20Cl2FN3O3. The lowest BCUT2D eigenvalue weighted by molar-refractivity contribution is 0.0827. The van der Waals surface area contributed by atoms with Gasteiger partial charge in [0.25, 0.3) is 5.91 Å². The number of fused-ring (bicyclic) bond motifs is 1. The van der Waals surface area contributed by atoms with Crippen molar-refractivity contribution in [3.8, 4) is 16.9 Å². The van der Waals surface area contributed by atoms with Crippen LogP contribution in [0.5, 0.6) is 5.75 Å². The monoisotopic (exact) mass is 487 g/mol. The smallest absolute Gasteiger partial charge is 0.253 e. The van der Waals surface area contributed by atoms with Crippen LogP contribution in [-0.2, 0) is 0 Å². The molecule has 2 aromatic carbocycles. The average Bonchev–Trinajstić information content (AvgIpc) is 3.22. The number of nitrogens with zero attached hydrogens (tertiary/aromatic N) is 2. The largest absolute Gasteiger partial charge is 0.478 e. The van der Waals surface area contributed by atoms with Crippen molar-refractivity contribution >= 4 is 45.9 Å². The summed E-state index contributed by atoms with van der Waals surface area (Å²) in [5, 5.41) is 0.802. The lowest BCUT2D eigenvalue weighted by Crippen LogP contribution is -2.21. The first-order valence-electron chi connectivity index (χ1n) is 9.96. The topological polar surface area (TPSA) is 81.6 Å². The highest BCUT2D eigenvalue weighted by molar-refractivity contribution is 6.36. The van der Waals surface area contributed by atoms with Gasteiger partial charge in [-0.3, -0.25) is 4.79 Å². The van der Waals surface area contributed by atoms with Gasteiger partial charge in [-0.25, -0.2) is 9.37 Å². The average molecular weight is 488 g/mol. The fourth-order valence-electron chi connectivity index (χ4n) is 3.52. The van der Waals surface area contributed by atoms with Gasteiger partial charge in [0, 0.05) is 42.0 Å². The van der Waals surface area contributed by atoms with Crippen molar-refractivity contribution in [3.05, 3.63) is 75.8 Å². The van der Waals surface area contributed by atoms with E-state index in [4.69, 9.17) is 38.1 Å². The summed E-state index contributed by atoms with van der Waals surface area (Å²) in [4.78, 5) is 17.9. The Morgan fingerprint density at radius 3 is 2.55 bits per heavy atom. The fourth-order valence-corrected chi connectivity index (χ4v) is 4.20. The van der Waals surface area contributed by atoms with Gasteiger partial charge in [-0.1, -0.05) is 35.3 Å². The number of carbonyl (C=O) groups is 1. The van der Waals surface area contributed by atoms with E-state index in [9.17, 15) is 9.18 Å². The lowest BCUT2D eigenvalue weighted by Gasteiger charge is -2.18. The van der Waals surface area contributed by atoms with Gasteiger partial charge >= 0.3 is 0 Å². The molecule has 170 valence electrons. The third kappa shape index (κ3) is 4.21. The predicted molar refractivity (Wildman–Crippen MR) is 127 cm³/mol. The highest BCUT2D eigenvalue weighted by Gasteiger charge is 2.23. The van der Waals surface area contributed by atoms with Gasteiger partial charge in [0.15, 0.2) is 11.4 Å². The molecule has 0 spiro atoms. The Morgan fingerprint density at radius 2 is 1.88 bits per heavy atom. The molecule has 0 saturated heterocycles. The lowest BCUT2D eigenvalue weighted by atomic mass is 10.0. The van der Waals surface area contributed by atoms with E-state index in [2.05, 4.69) is 4.98 Å². The summed E-state index contributed by atoms with van der Waals surface area (Å²) in [5.41, 5.74) is 8.89. The molecule has 1 amide bonds. The minimum absolute atomic E-state index is 0.0904. The summed E-state index contributed by atoms with van der Waals surface area (Å²) >= 11 is 12.4. The SMILES string of the molecule is CC(Oc1c(N)ncc2c(-c3ccc(C(=O)N(C)C)cc3)coc12)c1c(Cl)ccc(F)c1Cl. The van der Waals surface area contributed by atoms with Crippen LogP contribution in [0.3, 0.4) is 0 Å². The van der Waals surface area contributed by atoms with Gasteiger partial charge in [0.05, 0.1) is 16.7 Å².